The van der Waals surface area contributed by atoms with E-state index in [2.05, 4.69) is 16.4 Å². The van der Waals surface area contributed by atoms with Crippen LogP contribution in [0.25, 0.3) is 0 Å². The van der Waals surface area contributed by atoms with Gasteiger partial charge in [-0.1, -0.05) is 10.8 Å². The highest BCUT2D eigenvalue weighted by Crippen LogP contribution is 2.24. The van der Waals surface area contributed by atoms with Crippen LogP contribution in [0.15, 0.2) is 29.2 Å². The van der Waals surface area contributed by atoms with Gasteiger partial charge in [0.05, 0.1) is 0 Å². The monoisotopic (exact) mass is 240 g/mol. The number of hydrogen-bond acceptors (Lipinski definition) is 3. The van der Waals surface area contributed by atoms with Crippen molar-refractivity contribution in [1.29, 1.82) is 0 Å². The molecule has 0 saturated carbocycles. The molecule has 0 atom stereocenters. The van der Waals surface area contributed by atoms with E-state index in [1.807, 2.05) is 0 Å². The van der Waals surface area contributed by atoms with E-state index in [-0.39, 0.29) is 5.75 Å². The Balaban J connectivity index is 2.52. The van der Waals surface area contributed by atoms with Crippen molar-refractivity contribution in [2.75, 3.05) is 6.61 Å². The molecule has 0 aliphatic carbocycles. The van der Waals surface area contributed by atoms with E-state index in [4.69, 9.17) is 0 Å². The highest BCUT2D eigenvalue weighted by molar-refractivity contribution is 8.68. The summed E-state index contributed by atoms with van der Waals surface area (Å²) in [6.45, 7) is -1.26. The van der Waals surface area contributed by atoms with Crippen LogP contribution in [0.5, 0.6) is 5.75 Å². The summed E-state index contributed by atoms with van der Waals surface area (Å²) in [5.41, 5.74) is 0. The molecule has 0 amide bonds. The van der Waals surface area contributed by atoms with Crippen molar-refractivity contribution in [1.82, 2.24) is 0 Å². The van der Waals surface area contributed by atoms with Crippen LogP contribution in [-0.2, 0) is 0 Å². The van der Waals surface area contributed by atoms with Crippen LogP contribution in [0, 0.1) is 0 Å². The van der Waals surface area contributed by atoms with Crippen LogP contribution in [0.4, 0.5) is 13.2 Å². The van der Waals surface area contributed by atoms with Crippen molar-refractivity contribution in [2.24, 2.45) is 0 Å². The van der Waals surface area contributed by atoms with Gasteiger partial charge in [-0.2, -0.15) is 13.2 Å². The van der Waals surface area contributed by atoms with E-state index in [1.165, 1.54) is 22.9 Å². The highest BCUT2D eigenvalue weighted by Gasteiger charge is 2.28. The molecule has 0 aromatic heterocycles. The zero-order valence-corrected chi connectivity index (χ0v) is 8.63. The van der Waals surface area contributed by atoms with Gasteiger partial charge in [0.25, 0.3) is 0 Å². The van der Waals surface area contributed by atoms with E-state index in [1.54, 1.807) is 12.1 Å². The maximum Gasteiger partial charge on any atom is 0.422 e. The van der Waals surface area contributed by atoms with Gasteiger partial charge in [0, 0.05) is 4.90 Å². The summed E-state index contributed by atoms with van der Waals surface area (Å²) < 4.78 is 39.7. The van der Waals surface area contributed by atoms with Crippen LogP contribution in [-0.4, -0.2) is 12.8 Å². The SMILES string of the molecule is FC(F)(F)COc1ccc(SS)cc1. The zero-order valence-electron chi connectivity index (χ0n) is 6.91. The fourth-order valence-electron chi connectivity index (χ4n) is 0.762. The molecule has 0 spiro atoms. The molecule has 0 saturated heterocycles. The summed E-state index contributed by atoms with van der Waals surface area (Å²) in [6.07, 6.45) is -4.29. The molecule has 0 fully saturated rings. The summed E-state index contributed by atoms with van der Waals surface area (Å²) in [6, 6.07) is 6.24. The average Bonchev–Trinajstić information content (AvgIpc) is 2.14. The third-order valence-electron chi connectivity index (χ3n) is 1.33. The molecule has 6 heteroatoms. The second kappa shape index (κ2) is 4.84. The van der Waals surface area contributed by atoms with Gasteiger partial charge >= 0.3 is 6.18 Å². The Hall–Kier alpha value is -0.490. The van der Waals surface area contributed by atoms with Gasteiger partial charge in [-0.25, -0.2) is 0 Å². The Morgan fingerprint density at radius 1 is 1.21 bits per heavy atom. The molecule has 0 unspecified atom stereocenters. The minimum absolute atomic E-state index is 0.202. The van der Waals surface area contributed by atoms with Gasteiger partial charge < -0.3 is 4.74 Å². The van der Waals surface area contributed by atoms with Crippen molar-refractivity contribution >= 4 is 22.5 Å². The van der Waals surface area contributed by atoms with Crippen LogP contribution in [0.3, 0.4) is 0 Å². The molecule has 78 valence electrons. The number of rotatable bonds is 3. The van der Waals surface area contributed by atoms with Crippen LogP contribution in [0.1, 0.15) is 0 Å². The lowest BCUT2D eigenvalue weighted by Gasteiger charge is -2.08. The average molecular weight is 240 g/mol. The van der Waals surface area contributed by atoms with E-state index >= 15 is 0 Å². The second-order valence-electron chi connectivity index (χ2n) is 2.47. The predicted octanol–water partition coefficient (Wildman–Crippen LogP) is 3.56. The maximum atomic E-state index is 11.7. The molecular weight excluding hydrogens is 233 g/mol. The van der Waals surface area contributed by atoms with Gasteiger partial charge in [-0.05, 0) is 24.3 Å². The Morgan fingerprint density at radius 3 is 2.21 bits per heavy atom. The molecule has 14 heavy (non-hydrogen) atoms. The number of ether oxygens (including phenoxy) is 1. The van der Waals surface area contributed by atoms with Crippen molar-refractivity contribution in [3.05, 3.63) is 24.3 Å². The van der Waals surface area contributed by atoms with E-state index in [0.29, 0.717) is 0 Å². The molecule has 0 N–H and O–H groups in total. The molecule has 1 aromatic carbocycles. The summed E-state index contributed by atoms with van der Waals surface area (Å²) in [5, 5.41) is 0. The molecule has 0 radical (unpaired) electrons. The first-order chi connectivity index (χ1) is 6.51. The summed E-state index contributed by atoms with van der Waals surface area (Å²) in [4.78, 5) is 0.854. The van der Waals surface area contributed by atoms with Crippen molar-refractivity contribution in [3.63, 3.8) is 0 Å². The smallest absolute Gasteiger partial charge is 0.422 e. The fraction of sp³-hybridized carbons (Fsp3) is 0.250. The molecule has 1 nitrogen and oxygen atoms in total. The molecule has 1 aromatic rings. The van der Waals surface area contributed by atoms with Gasteiger partial charge in [-0.3, -0.25) is 0 Å². The lowest BCUT2D eigenvalue weighted by molar-refractivity contribution is -0.153. The topological polar surface area (TPSA) is 9.23 Å². The lowest BCUT2D eigenvalue weighted by Crippen LogP contribution is -2.19. The minimum Gasteiger partial charge on any atom is -0.484 e. The van der Waals surface area contributed by atoms with Crippen molar-refractivity contribution in [3.8, 4) is 5.75 Å². The summed E-state index contributed by atoms with van der Waals surface area (Å²) in [5.74, 6) is 0.202. The first kappa shape index (κ1) is 11.6. The van der Waals surface area contributed by atoms with Gasteiger partial charge in [0.2, 0.25) is 0 Å². The Labute approximate surface area is 88.4 Å². The third-order valence-corrected chi connectivity index (χ3v) is 2.45. The van der Waals surface area contributed by atoms with Crippen molar-refractivity contribution in [2.45, 2.75) is 11.1 Å². The van der Waals surface area contributed by atoms with Crippen LogP contribution in [0.2, 0.25) is 0 Å². The van der Waals surface area contributed by atoms with E-state index in [0.717, 1.165) is 4.90 Å². The van der Waals surface area contributed by atoms with Crippen LogP contribution >= 0.6 is 22.5 Å². The van der Waals surface area contributed by atoms with E-state index < -0.39 is 12.8 Å². The molecule has 0 aliphatic rings. The third kappa shape index (κ3) is 4.15. The van der Waals surface area contributed by atoms with Crippen LogP contribution < -0.4 is 4.74 Å². The Kier molecular flexibility index (Phi) is 4.00. The van der Waals surface area contributed by atoms with Gasteiger partial charge in [0.15, 0.2) is 6.61 Å². The molecule has 0 heterocycles. The number of halogens is 3. The first-order valence-electron chi connectivity index (χ1n) is 3.62. The normalized spacial score (nSPS) is 11.4. The Bertz CT molecular complexity index is 284. The molecular formula is C8H7F3OS2. The molecule has 0 bridgehead atoms. The Morgan fingerprint density at radius 2 is 1.79 bits per heavy atom. The highest BCUT2D eigenvalue weighted by atomic mass is 33.1. The van der Waals surface area contributed by atoms with Gasteiger partial charge in [0.1, 0.15) is 5.75 Å². The van der Waals surface area contributed by atoms with Crippen molar-refractivity contribution < 1.29 is 17.9 Å². The summed E-state index contributed by atoms with van der Waals surface area (Å²) >= 11 is 3.94. The molecule has 0 aliphatic heterocycles. The summed E-state index contributed by atoms with van der Waals surface area (Å²) in [7, 11) is 1.22. The largest absolute Gasteiger partial charge is 0.484 e. The quantitative estimate of drug-likeness (QED) is 0.639. The minimum atomic E-state index is -4.29. The maximum absolute atomic E-state index is 11.7. The first-order valence-corrected chi connectivity index (χ1v) is 5.49. The van der Waals surface area contributed by atoms with E-state index in [9.17, 15) is 13.2 Å². The zero-order chi connectivity index (χ0) is 10.6. The fourth-order valence-corrected chi connectivity index (χ4v) is 1.38. The lowest BCUT2D eigenvalue weighted by atomic mass is 10.3. The number of benzene rings is 1. The predicted molar refractivity (Wildman–Crippen MR) is 52.8 cm³/mol. The number of hydrogen-bond donors (Lipinski definition) is 1. The standard InChI is InChI=1S/C8H7F3OS2/c9-8(10,11)5-12-6-1-3-7(14-13)4-2-6/h1-4,13H,5H2. The van der Waals surface area contributed by atoms with Gasteiger partial charge in [-0.15, -0.1) is 11.7 Å². The second-order valence-corrected chi connectivity index (χ2v) is 3.67. The number of thiol groups is 1. The molecule has 1 rings (SSSR count). The number of alkyl halides is 3.